The van der Waals surface area contributed by atoms with Crippen LogP contribution in [0.4, 0.5) is 0 Å². The molecule has 2 aromatic heterocycles. The topological polar surface area (TPSA) is 58.7 Å². The number of nitrogens with zero attached hydrogens (tertiary/aromatic N) is 3. The van der Waals surface area contributed by atoms with E-state index in [1.807, 2.05) is 23.6 Å². The van der Waals surface area contributed by atoms with Gasteiger partial charge in [0.25, 0.3) is 5.56 Å². The molecule has 0 radical (unpaired) electrons. The Morgan fingerprint density at radius 3 is 2.63 bits per heavy atom. The van der Waals surface area contributed by atoms with E-state index in [0.29, 0.717) is 17.5 Å². The number of rotatable bonds is 4. The first-order valence-electron chi connectivity index (χ1n) is 9.97. The smallest absolute Gasteiger partial charge is 0.263 e. The zero-order chi connectivity index (χ0) is 21.4. The van der Waals surface area contributed by atoms with E-state index in [-0.39, 0.29) is 11.5 Å². The highest BCUT2D eigenvalue weighted by Crippen LogP contribution is 2.34. The summed E-state index contributed by atoms with van der Waals surface area (Å²) in [7, 11) is 0. The molecule has 0 spiro atoms. The van der Waals surface area contributed by atoms with Crippen LogP contribution in [0.3, 0.4) is 0 Å². The van der Waals surface area contributed by atoms with Crippen molar-refractivity contribution < 1.29 is 0 Å². The van der Waals surface area contributed by atoms with E-state index in [9.17, 15) is 10.1 Å². The monoisotopic (exact) mass is 413 g/mol. The Morgan fingerprint density at radius 2 is 1.93 bits per heavy atom. The van der Waals surface area contributed by atoms with Crippen molar-refractivity contribution in [1.29, 1.82) is 5.26 Å². The van der Waals surface area contributed by atoms with Gasteiger partial charge in [-0.25, -0.2) is 4.98 Å². The van der Waals surface area contributed by atoms with Crippen LogP contribution in [0.1, 0.15) is 47.8 Å². The second-order valence-corrected chi connectivity index (χ2v) is 8.83. The first-order chi connectivity index (χ1) is 14.4. The van der Waals surface area contributed by atoms with Crippen LogP contribution in [0.2, 0.25) is 0 Å². The van der Waals surface area contributed by atoms with Crippen LogP contribution in [0, 0.1) is 25.2 Å². The zero-order valence-electron chi connectivity index (χ0n) is 17.6. The molecule has 0 unspecified atom stereocenters. The molecule has 0 bridgehead atoms. The number of benzene rings is 2. The third kappa shape index (κ3) is 3.55. The van der Waals surface area contributed by atoms with E-state index in [1.165, 1.54) is 16.9 Å². The largest absolute Gasteiger partial charge is 0.291 e. The van der Waals surface area contributed by atoms with Gasteiger partial charge in [0.05, 0.1) is 23.6 Å². The lowest BCUT2D eigenvalue weighted by molar-refractivity contribution is 0.635. The zero-order valence-corrected chi connectivity index (χ0v) is 18.4. The minimum atomic E-state index is -0.0257. The van der Waals surface area contributed by atoms with Gasteiger partial charge in [0.2, 0.25) is 0 Å². The van der Waals surface area contributed by atoms with Gasteiger partial charge in [-0.3, -0.25) is 9.36 Å². The van der Waals surface area contributed by atoms with Crippen molar-refractivity contribution in [1.82, 2.24) is 9.55 Å². The highest BCUT2D eigenvalue weighted by Gasteiger charge is 2.19. The normalized spacial score (nSPS) is 11.2. The summed E-state index contributed by atoms with van der Waals surface area (Å²) in [6, 6.07) is 15.9. The molecule has 150 valence electrons. The van der Waals surface area contributed by atoms with E-state index in [4.69, 9.17) is 4.98 Å². The van der Waals surface area contributed by atoms with Crippen molar-refractivity contribution in [2.45, 2.75) is 40.2 Å². The summed E-state index contributed by atoms with van der Waals surface area (Å²) in [5.74, 6) is 0.872. The SMILES string of the molecule is Cc1ccc(-c2csc3nc(C(C)C)n(Cc4cccc(C#N)c4)c(=O)c23)c(C)c1. The van der Waals surface area contributed by atoms with Crippen molar-refractivity contribution in [2.75, 3.05) is 0 Å². The number of nitriles is 1. The summed E-state index contributed by atoms with van der Waals surface area (Å²) >= 11 is 1.52. The molecule has 0 N–H and O–H groups in total. The summed E-state index contributed by atoms with van der Waals surface area (Å²) in [5, 5.41) is 11.9. The quantitative estimate of drug-likeness (QED) is 0.426. The van der Waals surface area contributed by atoms with Gasteiger partial charge in [0.15, 0.2) is 0 Å². The Kier molecular flexibility index (Phi) is 5.27. The average molecular weight is 414 g/mol. The van der Waals surface area contributed by atoms with E-state index in [0.717, 1.165) is 32.9 Å². The Labute approximate surface area is 180 Å². The molecule has 4 nitrogen and oxygen atoms in total. The van der Waals surface area contributed by atoms with E-state index >= 15 is 0 Å². The van der Waals surface area contributed by atoms with Crippen molar-refractivity contribution in [3.8, 4) is 17.2 Å². The van der Waals surface area contributed by atoms with Gasteiger partial charge in [0.1, 0.15) is 10.7 Å². The summed E-state index contributed by atoms with van der Waals surface area (Å²) in [5.41, 5.74) is 5.85. The van der Waals surface area contributed by atoms with E-state index in [1.54, 1.807) is 10.6 Å². The highest BCUT2D eigenvalue weighted by atomic mass is 32.1. The molecule has 0 atom stereocenters. The molecule has 0 saturated heterocycles. The Balaban J connectivity index is 1.95. The number of aromatic nitrogens is 2. The molecule has 0 aliphatic carbocycles. The van der Waals surface area contributed by atoms with Crippen LogP contribution < -0.4 is 5.56 Å². The Hall–Kier alpha value is -3.23. The predicted octanol–water partition coefficient (Wildman–Crippen LogP) is 5.79. The minimum absolute atomic E-state index is 0.0257. The Morgan fingerprint density at radius 1 is 1.13 bits per heavy atom. The molecular weight excluding hydrogens is 390 g/mol. The first kappa shape index (κ1) is 20.1. The molecular formula is C25H23N3OS. The molecule has 4 aromatic rings. The van der Waals surface area contributed by atoms with Gasteiger partial charge in [-0.15, -0.1) is 11.3 Å². The standard InChI is InChI=1S/C25H23N3OS/c1-15(2)23-27-24-22(21(14-30-24)20-9-8-16(3)10-17(20)4)25(29)28(23)13-19-7-5-6-18(11-19)12-26/h5-11,14-15H,13H2,1-4H3. The molecule has 0 amide bonds. The molecule has 0 aliphatic rings. The molecule has 4 rings (SSSR count). The summed E-state index contributed by atoms with van der Waals surface area (Å²) in [6.45, 7) is 8.64. The van der Waals surface area contributed by atoms with Gasteiger partial charge >= 0.3 is 0 Å². The highest BCUT2D eigenvalue weighted by molar-refractivity contribution is 7.17. The van der Waals surface area contributed by atoms with Crippen molar-refractivity contribution in [2.24, 2.45) is 0 Å². The van der Waals surface area contributed by atoms with Crippen LogP contribution in [-0.4, -0.2) is 9.55 Å². The van der Waals surface area contributed by atoms with Crippen molar-refractivity contribution >= 4 is 21.6 Å². The summed E-state index contributed by atoms with van der Waals surface area (Å²) in [4.78, 5) is 19.4. The second-order valence-electron chi connectivity index (χ2n) is 7.98. The van der Waals surface area contributed by atoms with Crippen LogP contribution in [-0.2, 0) is 6.54 Å². The lowest BCUT2D eigenvalue weighted by atomic mass is 9.99. The van der Waals surface area contributed by atoms with Crippen LogP contribution in [0.5, 0.6) is 0 Å². The maximum atomic E-state index is 13.7. The Bertz CT molecular complexity index is 1360. The van der Waals surface area contributed by atoms with E-state index < -0.39 is 0 Å². The third-order valence-corrected chi connectivity index (χ3v) is 6.18. The predicted molar refractivity (Wildman–Crippen MR) is 123 cm³/mol. The fourth-order valence-corrected chi connectivity index (χ4v) is 4.81. The summed E-state index contributed by atoms with van der Waals surface area (Å²) < 4.78 is 1.77. The van der Waals surface area contributed by atoms with Gasteiger partial charge < -0.3 is 0 Å². The number of thiophene rings is 1. The van der Waals surface area contributed by atoms with Gasteiger partial charge in [-0.2, -0.15) is 5.26 Å². The van der Waals surface area contributed by atoms with Gasteiger partial charge in [-0.1, -0.05) is 49.7 Å². The molecule has 0 saturated carbocycles. The molecule has 0 aliphatic heterocycles. The second kappa shape index (κ2) is 7.89. The first-order valence-corrected chi connectivity index (χ1v) is 10.9. The molecule has 2 heterocycles. The lowest BCUT2D eigenvalue weighted by Gasteiger charge is -2.16. The fraction of sp³-hybridized carbons (Fsp3) is 0.240. The maximum Gasteiger partial charge on any atom is 0.263 e. The molecule has 30 heavy (non-hydrogen) atoms. The van der Waals surface area contributed by atoms with Crippen molar-refractivity contribution in [3.05, 3.63) is 86.3 Å². The molecule has 2 aromatic carbocycles. The number of hydrogen-bond acceptors (Lipinski definition) is 4. The van der Waals surface area contributed by atoms with Crippen LogP contribution in [0.15, 0.2) is 52.6 Å². The van der Waals surface area contributed by atoms with Gasteiger partial charge in [0, 0.05) is 16.9 Å². The fourth-order valence-electron chi connectivity index (χ4n) is 3.87. The lowest BCUT2D eigenvalue weighted by Crippen LogP contribution is -2.26. The minimum Gasteiger partial charge on any atom is -0.291 e. The van der Waals surface area contributed by atoms with Crippen LogP contribution >= 0.6 is 11.3 Å². The van der Waals surface area contributed by atoms with Gasteiger partial charge in [-0.05, 0) is 42.7 Å². The van der Waals surface area contributed by atoms with Crippen molar-refractivity contribution in [3.63, 3.8) is 0 Å². The molecule has 5 heteroatoms. The number of aryl methyl sites for hydroxylation is 2. The number of fused-ring (bicyclic) bond motifs is 1. The molecule has 0 fully saturated rings. The third-order valence-electron chi connectivity index (χ3n) is 5.31. The van der Waals surface area contributed by atoms with Crippen LogP contribution in [0.25, 0.3) is 21.3 Å². The van der Waals surface area contributed by atoms with E-state index in [2.05, 4.69) is 52.0 Å². The summed E-state index contributed by atoms with van der Waals surface area (Å²) in [6.07, 6.45) is 0. The number of hydrogen-bond donors (Lipinski definition) is 0. The average Bonchev–Trinajstić information content (AvgIpc) is 3.14. The maximum absolute atomic E-state index is 13.7.